The Kier molecular flexibility index (Phi) is 28.4. The predicted octanol–water partition coefficient (Wildman–Crippen LogP) is 14.2. The molecule has 18 atom stereocenters. The van der Waals surface area contributed by atoms with Gasteiger partial charge in [-0.25, -0.2) is 9.97 Å². The van der Waals surface area contributed by atoms with Gasteiger partial charge in [-0.05, 0) is 117 Å². The monoisotopic (exact) mass is 1760 g/mol. The lowest BCUT2D eigenvalue weighted by Crippen LogP contribution is -2.43. The number of allylic oxidation sites excluding steroid dienone is 6. The first kappa shape index (κ1) is 95.6. The molecule has 2 saturated heterocycles. The number of aliphatic hydroxyl groups excluding tert-OH is 5. The lowest BCUT2D eigenvalue weighted by Gasteiger charge is -2.36. The van der Waals surface area contributed by atoms with Crippen LogP contribution in [0.1, 0.15) is 153 Å². The zero-order valence-electron chi connectivity index (χ0n) is 77.3. The molecular formula is C98H128N8O20Si. The number of aromatic nitrogens is 2. The summed E-state index contributed by atoms with van der Waals surface area (Å²) in [6.07, 6.45) is 13.1. The summed E-state index contributed by atoms with van der Waals surface area (Å²) in [7, 11) is -2.43. The van der Waals surface area contributed by atoms with Gasteiger partial charge in [0.15, 0.2) is 44.8 Å². The standard InChI is InChI=1S/C48H62N2O10Si.C46H56N4O10.C4H10N2/c1-23-21-22-57-48(12)45(55)35-33-34(41(53)30(8)43(35)59-48)42(54)38(44-37(33)49-36-31(58-44)19-16-20-32(36)60-61(13,14)47(9,10)11)50-46(56)25(3)18-15-17-24(2)39(51)29(7)40(52)28(6)27(5)26(23)4;1-21-13-18-58-46(9)44(56)34-32-33(40(54)28(8)42(34)60-46)41(55)37(43-36(32)48-35-30(51)19-29(20-31(35)59-43)50-16-14-47-15-17-50)49-45(57)23(3)12-10-11-22(2)38(52)27(7)39(53)26(6)25(5)24(21)4;1-2-6-4-3-5-1/h15-24,26-29,39-40,51-52,54H,1-14H3,(H,50,56);10-13,18-22,24-27,38-39,47,52-54,56H,14-17H2,1-9H3,(H,49,57);5-6H,1-4H2/b17-15+,22-21+,25-18-;11-10+,18-13+,23-12-;/t23-,24-,26+,27+,28-,29+,39-,40-,48-;21-,22-,24+,25+,26-,27+,38-,39-,46-;/m00./s1. The van der Waals surface area contributed by atoms with Crippen LogP contribution in [0, 0.1) is 84.9 Å². The summed E-state index contributed by atoms with van der Waals surface area (Å²) in [4.78, 5) is 97.4. The highest BCUT2D eigenvalue weighted by atomic mass is 28.4. The van der Waals surface area contributed by atoms with Crippen molar-refractivity contribution >= 4 is 115 Å². The molecule has 10 bridgehead atoms. The molecule has 127 heavy (non-hydrogen) atoms. The van der Waals surface area contributed by atoms with Gasteiger partial charge in [-0.15, -0.1) is 0 Å². The summed E-state index contributed by atoms with van der Waals surface area (Å²) < 4.78 is 44.6. The van der Waals surface area contributed by atoms with Crippen LogP contribution in [0.2, 0.25) is 18.1 Å². The van der Waals surface area contributed by atoms with E-state index in [0.29, 0.717) is 30.0 Å². The molecule has 8 aromatic rings. The summed E-state index contributed by atoms with van der Waals surface area (Å²) in [5, 5.41) is 95.9. The smallest absolute Gasteiger partial charge is 0.312 e. The molecule has 0 radical (unpaired) electrons. The Morgan fingerprint density at radius 2 is 0.984 bits per heavy atom. The number of hydrogen-bond acceptors (Lipinski definition) is 26. The van der Waals surface area contributed by atoms with Gasteiger partial charge >= 0.3 is 11.6 Å². The number of ether oxygens (including phenoxy) is 4. The number of Topliss-reactive ketones (excluding diaryl/α,β-unsaturated/α-hetero) is 1. The van der Waals surface area contributed by atoms with E-state index in [1.54, 1.807) is 74.6 Å². The first-order valence-electron chi connectivity index (χ1n) is 44.4. The average molecular weight is 1770 g/mol. The van der Waals surface area contributed by atoms with Gasteiger partial charge in [0, 0.05) is 141 Å². The van der Waals surface area contributed by atoms with Gasteiger partial charge in [-0.2, -0.15) is 0 Å². The van der Waals surface area contributed by atoms with E-state index >= 15 is 0 Å². The maximum atomic E-state index is 14.8. The highest BCUT2D eigenvalue weighted by Gasteiger charge is 2.51. The number of aromatic hydroxyl groups is 2. The van der Waals surface area contributed by atoms with E-state index in [1.807, 2.05) is 72.4 Å². The lowest BCUT2D eigenvalue weighted by molar-refractivity contribution is -0.113. The van der Waals surface area contributed by atoms with Crippen molar-refractivity contribution in [1.82, 2.24) is 25.9 Å². The fourth-order valence-electron chi connectivity index (χ4n) is 17.4. The average Bonchev–Trinajstić information content (AvgIpc) is 1.66. The van der Waals surface area contributed by atoms with Gasteiger partial charge in [-0.3, -0.25) is 28.8 Å². The van der Waals surface area contributed by atoms with Crippen molar-refractivity contribution in [2.75, 3.05) is 67.9 Å². The van der Waals surface area contributed by atoms with E-state index in [9.17, 15) is 64.5 Å². The molecule has 12 N–H and O–H groups in total. The van der Waals surface area contributed by atoms with Crippen LogP contribution in [0.5, 0.6) is 28.7 Å². The van der Waals surface area contributed by atoms with Crippen molar-refractivity contribution in [3.8, 4) is 28.7 Å². The maximum absolute atomic E-state index is 14.8. The van der Waals surface area contributed by atoms with E-state index in [2.05, 4.69) is 88.1 Å². The van der Waals surface area contributed by atoms with Gasteiger partial charge in [0.25, 0.3) is 25.9 Å². The summed E-state index contributed by atoms with van der Waals surface area (Å²) in [6, 6.07) is 8.38. The number of para-hydroxylation sites is 1. The van der Waals surface area contributed by atoms with E-state index in [0.717, 1.165) is 39.3 Å². The number of benzene rings is 6. The SMILES string of the molecule is C/C1=C/C=C/[C@H](C)[C@H](O)[C@@H](C)[C@@H](O)[C@@H](C)[C@H](C)[C@H](C)[C@@H](C)/C=C/O[C@@]2(C)Oc3c(C)c(=O)c4c(O)c(c5oc6cccc(O[Si](C)(C)C(C)(C)C)c6nc5c4c3C2=O)NC1=O.C/C1=C/C=C/[C@H](C)[C@H](O)[C@@H](C)[C@@H](O)[C@@H](C)[C@H](C)[C@H](C)[C@@H](C)/C=C/O[C@@]2(C)Oc3c(C)c(O)c4c(=O)c(c5oc6cc(N7CCNCC7)cc(=O)c6nc5c4c3=C2O)NC1=O.C1CNCCN1. The zero-order chi connectivity index (χ0) is 93.0. The number of ketones is 1. The molecule has 29 heteroatoms. The molecule has 684 valence electrons. The van der Waals surface area contributed by atoms with Crippen molar-refractivity contribution in [3.05, 3.63) is 155 Å². The Hall–Kier alpha value is -10.5. The van der Waals surface area contributed by atoms with E-state index in [1.165, 1.54) is 46.3 Å². The second-order valence-corrected chi connectivity index (χ2v) is 42.6. The number of nitrogens with zero attached hydrogens (tertiary/aromatic N) is 3. The van der Waals surface area contributed by atoms with Crippen LogP contribution in [0.25, 0.3) is 71.7 Å². The topological polar surface area (TPSA) is 406 Å². The molecule has 28 nitrogen and oxygen atoms in total. The molecule has 0 saturated carbocycles. The van der Waals surface area contributed by atoms with Gasteiger partial charge in [0.05, 0.1) is 58.5 Å². The molecule has 16 rings (SSSR count). The number of carbonyl (C=O) groups is 3. The summed E-state index contributed by atoms with van der Waals surface area (Å²) in [6.45, 7) is 50.6. The summed E-state index contributed by atoms with van der Waals surface area (Å²) in [5.41, 5.74) is -1.03. The molecule has 8 aliphatic heterocycles. The second kappa shape index (κ2) is 37.7. The predicted molar refractivity (Wildman–Crippen MR) is 499 cm³/mol. The van der Waals surface area contributed by atoms with Crippen molar-refractivity contribution in [1.29, 1.82) is 0 Å². The number of piperazine rings is 2. The normalized spacial score (nSPS) is 30.5. The minimum Gasteiger partial charge on any atom is -0.542 e. The van der Waals surface area contributed by atoms with Crippen molar-refractivity contribution < 1.29 is 82.3 Å². The largest absolute Gasteiger partial charge is 0.542 e. The van der Waals surface area contributed by atoms with Crippen LogP contribution in [0.3, 0.4) is 0 Å². The highest BCUT2D eigenvalue weighted by Crippen LogP contribution is 2.51. The van der Waals surface area contributed by atoms with Gasteiger partial charge in [-0.1, -0.05) is 146 Å². The molecule has 2 aromatic heterocycles. The number of anilines is 3. The number of carbonyl (C=O) groups excluding carboxylic acids is 3. The quantitative estimate of drug-likeness (QED) is 0.0338. The van der Waals surface area contributed by atoms with Crippen LogP contribution >= 0.6 is 0 Å². The number of rotatable bonds is 3. The molecule has 0 aliphatic carbocycles. The number of fused-ring (bicyclic) bond motifs is 28. The molecule has 0 unspecified atom stereocenters. The fourth-order valence-corrected chi connectivity index (χ4v) is 18.4. The molecule has 6 aromatic carbocycles. The van der Waals surface area contributed by atoms with Crippen molar-refractivity contribution in [2.24, 2.45) is 71.0 Å². The third-order valence-electron chi connectivity index (χ3n) is 28.3. The van der Waals surface area contributed by atoms with E-state index < -0.39 is 107 Å². The highest BCUT2D eigenvalue weighted by molar-refractivity contribution is 6.74. The van der Waals surface area contributed by atoms with Gasteiger partial charge < -0.3 is 99.4 Å². The molecular weight excluding hydrogens is 1640 g/mol. The molecule has 0 spiro atoms. The minimum absolute atomic E-state index is 0.0111. The van der Waals surface area contributed by atoms with Crippen LogP contribution in [-0.2, 0) is 19.1 Å². The van der Waals surface area contributed by atoms with Crippen molar-refractivity contribution in [3.63, 3.8) is 0 Å². The number of phenols is 2. The fraction of sp³-hybridized carbons (Fsp3) is 0.510. The zero-order valence-corrected chi connectivity index (χ0v) is 78.3. The van der Waals surface area contributed by atoms with Crippen LogP contribution < -0.4 is 66.9 Å². The Balaban J connectivity index is 0.000000216. The Labute approximate surface area is 741 Å². The number of amides is 2. The summed E-state index contributed by atoms with van der Waals surface area (Å²) >= 11 is 0. The second-order valence-electron chi connectivity index (χ2n) is 37.9. The summed E-state index contributed by atoms with van der Waals surface area (Å²) in [5.74, 6) is -8.73. The number of nitrogens with one attached hydrogen (secondary N) is 5. The first-order chi connectivity index (χ1) is 59.7. The van der Waals surface area contributed by atoms with Crippen LogP contribution in [0.15, 0.2) is 126 Å². The molecule has 8 aliphatic rings. The van der Waals surface area contributed by atoms with E-state index in [-0.39, 0.29) is 181 Å². The lowest BCUT2D eigenvalue weighted by atomic mass is 9.72. The molecule has 10 heterocycles. The first-order valence-corrected chi connectivity index (χ1v) is 47.3. The maximum Gasteiger partial charge on any atom is 0.312 e. The Bertz CT molecular complexity index is 6050. The van der Waals surface area contributed by atoms with Crippen LogP contribution in [-0.4, -0.2) is 160 Å². The number of aliphatic hydroxyl groups is 5. The van der Waals surface area contributed by atoms with Gasteiger partial charge in [0.1, 0.15) is 50.9 Å². The molecule has 2 amide bonds. The minimum atomic E-state index is -2.43. The van der Waals surface area contributed by atoms with Crippen molar-refractivity contribution in [2.45, 2.75) is 200 Å². The Morgan fingerprint density at radius 3 is 1.52 bits per heavy atom. The number of hydrogen-bond donors (Lipinski definition) is 12. The Morgan fingerprint density at radius 1 is 0.504 bits per heavy atom. The van der Waals surface area contributed by atoms with Crippen LogP contribution in [0.4, 0.5) is 17.1 Å². The van der Waals surface area contributed by atoms with E-state index in [4.69, 9.17) is 42.2 Å². The van der Waals surface area contributed by atoms with Gasteiger partial charge in [0.2, 0.25) is 10.9 Å². The third kappa shape index (κ3) is 18.5. The number of phenolic OH excluding ortho intramolecular Hbond substituents is 2. The third-order valence-corrected chi connectivity index (χ3v) is 32.6. The molecule has 2 fully saturated rings.